The quantitative estimate of drug-likeness (QED) is 0.801. The average Bonchev–Trinajstić information content (AvgIpc) is 2.47. The lowest BCUT2D eigenvalue weighted by atomic mass is 9.81. The Bertz CT molecular complexity index is 379. The van der Waals surface area contributed by atoms with Gasteiger partial charge in [-0.05, 0) is 29.9 Å². The summed E-state index contributed by atoms with van der Waals surface area (Å²) in [6, 6.07) is 9.42. The Morgan fingerprint density at radius 3 is 2.28 bits per heavy atom. The third-order valence-electron chi connectivity index (χ3n) is 3.94. The molecule has 1 aromatic carbocycles. The van der Waals surface area contributed by atoms with Gasteiger partial charge in [-0.25, -0.2) is 0 Å². The standard InChI is InChI=1S/C16H22O2/c1-12(15(17)13-8-4-2-5-9-13)16(18)14-10-6-3-7-11-14/h2,4-5,8-9,14-18H,1,3,6-7,10-11H2. The van der Waals surface area contributed by atoms with E-state index in [1.54, 1.807) is 0 Å². The topological polar surface area (TPSA) is 40.5 Å². The molecular formula is C16H22O2. The van der Waals surface area contributed by atoms with Gasteiger partial charge in [0.2, 0.25) is 0 Å². The maximum atomic E-state index is 10.3. The summed E-state index contributed by atoms with van der Waals surface area (Å²) in [5.74, 6) is 0.268. The molecule has 0 radical (unpaired) electrons. The number of hydrogen-bond acceptors (Lipinski definition) is 2. The van der Waals surface area contributed by atoms with Gasteiger partial charge in [0, 0.05) is 0 Å². The molecule has 0 aromatic heterocycles. The Labute approximate surface area is 109 Å². The molecule has 98 valence electrons. The van der Waals surface area contributed by atoms with Gasteiger partial charge in [0.1, 0.15) is 6.10 Å². The van der Waals surface area contributed by atoms with Crippen LogP contribution in [0.1, 0.15) is 43.8 Å². The number of benzene rings is 1. The van der Waals surface area contributed by atoms with E-state index in [2.05, 4.69) is 6.58 Å². The minimum absolute atomic E-state index is 0.268. The zero-order valence-corrected chi connectivity index (χ0v) is 10.8. The van der Waals surface area contributed by atoms with Crippen molar-refractivity contribution in [2.24, 2.45) is 5.92 Å². The average molecular weight is 246 g/mol. The lowest BCUT2D eigenvalue weighted by molar-refractivity contribution is 0.0843. The zero-order valence-electron chi connectivity index (χ0n) is 10.8. The van der Waals surface area contributed by atoms with E-state index in [4.69, 9.17) is 0 Å². The monoisotopic (exact) mass is 246 g/mol. The highest BCUT2D eigenvalue weighted by atomic mass is 16.3. The predicted octanol–water partition coefficient (Wildman–Crippen LogP) is 3.22. The molecule has 1 aliphatic rings. The van der Waals surface area contributed by atoms with Crippen LogP contribution in [0.3, 0.4) is 0 Å². The van der Waals surface area contributed by atoms with Gasteiger partial charge in [-0.2, -0.15) is 0 Å². The predicted molar refractivity (Wildman–Crippen MR) is 73.1 cm³/mol. The van der Waals surface area contributed by atoms with Gasteiger partial charge in [0.05, 0.1) is 6.10 Å². The molecule has 2 atom stereocenters. The molecule has 2 heteroatoms. The molecule has 2 N–H and O–H groups in total. The van der Waals surface area contributed by atoms with Crippen molar-refractivity contribution in [2.45, 2.75) is 44.3 Å². The molecular weight excluding hydrogens is 224 g/mol. The molecule has 0 aliphatic heterocycles. The molecule has 1 aliphatic carbocycles. The Morgan fingerprint density at radius 1 is 1.06 bits per heavy atom. The highest BCUT2D eigenvalue weighted by Crippen LogP contribution is 2.33. The summed E-state index contributed by atoms with van der Waals surface area (Å²) in [4.78, 5) is 0. The first kappa shape index (κ1) is 13.3. The van der Waals surface area contributed by atoms with E-state index in [1.807, 2.05) is 30.3 Å². The molecule has 0 bridgehead atoms. The minimum Gasteiger partial charge on any atom is -0.388 e. The molecule has 2 nitrogen and oxygen atoms in total. The van der Waals surface area contributed by atoms with Gasteiger partial charge in [-0.1, -0.05) is 56.2 Å². The summed E-state index contributed by atoms with van der Waals surface area (Å²) in [5.41, 5.74) is 1.34. The van der Waals surface area contributed by atoms with E-state index in [-0.39, 0.29) is 5.92 Å². The van der Waals surface area contributed by atoms with Crippen LogP contribution in [-0.4, -0.2) is 16.3 Å². The molecule has 0 heterocycles. The van der Waals surface area contributed by atoms with E-state index in [0.717, 1.165) is 18.4 Å². The van der Waals surface area contributed by atoms with Crippen LogP contribution >= 0.6 is 0 Å². The third kappa shape index (κ3) is 3.01. The molecule has 0 saturated heterocycles. The fraction of sp³-hybridized carbons (Fsp3) is 0.500. The first-order valence-electron chi connectivity index (χ1n) is 6.80. The molecule has 1 aromatic rings. The van der Waals surface area contributed by atoms with Crippen LogP contribution in [0.5, 0.6) is 0 Å². The minimum atomic E-state index is -0.761. The summed E-state index contributed by atoms with van der Waals surface area (Å²) < 4.78 is 0. The summed E-state index contributed by atoms with van der Waals surface area (Å²) >= 11 is 0. The normalized spacial score (nSPS) is 20.3. The SMILES string of the molecule is C=C(C(O)c1ccccc1)C(O)C1CCCCC1. The van der Waals surface area contributed by atoms with Crippen molar-refractivity contribution in [3.63, 3.8) is 0 Å². The Kier molecular flexibility index (Phi) is 4.56. The van der Waals surface area contributed by atoms with Gasteiger partial charge in [-0.15, -0.1) is 0 Å². The summed E-state index contributed by atoms with van der Waals surface area (Å²) in [6.45, 7) is 3.91. The summed E-state index contributed by atoms with van der Waals surface area (Å²) in [6.07, 6.45) is 4.36. The molecule has 1 saturated carbocycles. The van der Waals surface area contributed by atoms with Crippen molar-refractivity contribution in [1.82, 2.24) is 0 Å². The van der Waals surface area contributed by atoms with E-state index in [1.165, 1.54) is 19.3 Å². The van der Waals surface area contributed by atoms with Crippen LogP contribution in [0.25, 0.3) is 0 Å². The zero-order chi connectivity index (χ0) is 13.0. The van der Waals surface area contributed by atoms with Gasteiger partial charge in [0.15, 0.2) is 0 Å². The third-order valence-corrected chi connectivity index (χ3v) is 3.94. The maximum absolute atomic E-state index is 10.3. The van der Waals surface area contributed by atoms with Gasteiger partial charge in [-0.3, -0.25) is 0 Å². The maximum Gasteiger partial charge on any atom is 0.102 e. The second-order valence-corrected chi connectivity index (χ2v) is 5.23. The van der Waals surface area contributed by atoms with E-state index in [0.29, 0.717) is 5.57 Å². The molecule has 0 spiro atoms. The van der Waals surface area contributed by atoms with Gasteiger partial charge in [0.25, 0.3) is 0 Å². The van der Waals surface area contributed by atoms with E-state index < -0.39 is 12.2 Å². The molecule has 1 fully saturated rings. The summed E-state index contributed by atoms with van der Waals surface area (Å²) in [7, 11) is 0. The summed E-state index contributed by atoms with van der Waals surface area (Å²) in [5, 5.41) is 20.5. The first-order valence-corrected chi connectivity index (χ1v) is 6.80. The van der Waals surface area contributed by atoms with Gasteiger partial charge >= 0.3 is 0 Å². The lowest BCUT2D eigenvalue weighted by Crippen LogP contribution is -2.27. The number of hydrogen-bond donors (Lipinski definition) is 2. The van der Waals surface area contributed by atoms with Crippen LogP contribution in [0.15, 0.2) is 42.5 Å². The number of aliphatic hydroxyl groups is 2. The fourth-order valence-corrected chi connectivity index (χ4v) is 2.76. The molecule has 2 unspecified atom stereocenters. The highest BCUT2D eigenvalue weighted by molar-refractivity contribution is 5.26. The fourth-order valence-electron chi connectivity index (χ4n) is 2.76. The van der Waals surface area contributed by atoms with Crippen molar-refractivity contribution in [3.05, 3.63) is 48.0 Å². The lowest BCUT2D eigenvalue weighted by Gasteiger charge is -2.29. The van der Waals surface area contributed by atoms with Crippen LogP contribution in [-0.2, 0) is 0 Å². The van der Waals surface area contributed by atoms with E-state index >= 15 is 0 Å². The molecule has 2 rings (SSSR count). The Balaban J connectivity index is 2.01. The van der Waals surface area contributed by atoms with Crippen molar-refractivity contribution in [3.8, 4) is 0 Å². The van der Waals surface area contributed by atoms with Crippen molar-refractivity contribution >= 4 is 0 Å². The van der Waals surface area contributed by atoms with E-state index in [9.17, 15) is 10.2 Å². The van der Waals surface area contributed by atoms with Crippen molar-refractivity contribution in [2.75, 3.05) is 0 Å². The van der Waals surface area contributed by atoms with Crippen LogP contribution in [0.2, 0.25) is 0 Å². The molecule has 18 heavy (non-hydrogen) atoms. The highest BCUT2D eigenvalue weighted by Gasteiger charge is 2.27. The van der Waals surface area contributed by atoms with Crippen molar-refractivity contribution in [1.29, 1.82) is 0 Å². The van der Waals surface area contributed by atoms with Crippen molar-refractivity contribution < 1.29 is 10.2 Å². The Morgan fingerprint density at radius 2 is 1.67 bits per heavy atom. The smallest absolute Gasteiger partial charge is 0.102 e. The van der Waals surface area contributed by atoms with Crippen LogP contribution in [0.4, 0.5) is 0 Å². The van der Waals surface area contributed by atoms with Crippen LogP contribution in [0, 0.1) is 5.92 Å². The number of aliphatic hydroxyl groups excluding tert-OH is 2. The largest absolute Gasteiger partial charge is 0.388 e. The first-order chi connectivity index (χ1) is 8.70. The second-order valence-electron chi connectivity index (χ2n) is 5.23. The number of rotatable bonds is 4. The van der Waals surface area contributed by atoms with Gasteiger partial charge < -0.3 is 10.2 Å². The molecule has 0 amide bonds. The second kappa shape index (κ2) is 6.17. The van der Waals surface area contributed by atoms with Crippen LogP contribution < -0.4 is 0 Å². The Hall–Kier alpha value is -1.12.